The number of hydrogen-bond acceptors (Lipinski definition) is 3. The monoisotopic (exact) mass is 420 g/mol. The highest BCUT2D eigenvalue weighted by Gasteiger charge is 2.42. The van der Waals surface area contributed by atoms with Crippen molar-refractivity contribution in [2.24, 2.45) is 13.0 Å². The number of aromatic nitrogens is 2. The Kier molecular flexibility index (Phi) is 4.96. The van der Waals surface area contributed by atoms with E-state index in [1.165, 1.54) is 12.1 Å². The van der Waals surface area contributed by atoms with E-state index in [0.29, 0.717) is 31.7 Å². The summed E-state index contributed by atoms with van der Waals surface area (Å²) < 4.78 is 15.4. The Bertz CT molecular complexity index is 1160. The highest BCUT2D eigenvalue weighted by molar-refractivity contribution is 6.05. The van der Waals surface area contributed by atoms with Crippen molar-refractivity contribution in [2.75, 3.05) is 13.1 Å². The standard InChI is InChI=1S/C24H25FN4O2/c1-27-20-10-3-2-9-19(20)23(26-27)24(31)28-14-17-7-5-11-22(30)29(21(17)15-28)13-16-6-4-8-18(25)12-16/h2-4,6,8-10,12,17,21H,5,7,11,13-15H2,1H3/t17-,21+/m1/s1. The molecule has 2 fully saturated rings. The van der Waals surface area contributed by atoms with E-state index in [1.807, 2.05) is 47.2 Å². The number of para-hydroxylation sites is 1. The van der Waals surface area contributed by atoms with Crippen LogP contribution in [-0.2, 0) is 18.4 Å². The third-order valence-electron chi connectivity index (χ3n) is 6.58. The number of aryl methyl sites for hydroxylation is 1. The summed E-state index contributed by atoms with van der Waals surface area (Å²) in [5, 5.41) is 5.33. The van der Waals surface area contributed by atoms with Gasteiger partial charge in [0.2, 0.25) is 5.91 Å². The Morgan fingerprint density at radius 2 is 2.00 bits per heavy atom. The third kappa shape index (κ3) is 3.58. The summed E-state index contributed by atoms with van der Waals surface area (Å²) in [7, 11) is 1.84. The first kappa shape index (κ1) is 19.7. The van der Waals surface area contributed by atoms with Gasteiger partial charge in [-0.25, -0.2) is 4.39 Å². The molecule has 0 saturated carbocycles. The van der Waals surface area contributed by atoms with Crippen LogP contribution >= 0.6 is 0 Å². The van der Waals surface area contributed by atoms with Crippen LogP contribution < -0.4 is 0 Å². The van der Waals surface area contributed by atoms with Gasteiger partial charge in [0.05, 0.1) is 11.6 Å². The topological polar surface area (TPSA) is 58.4 Å². The molecule has 160 valence electrons. The minimum atomic E-state index is -0.304. The Hall–Kier alpha value is -3.22. The second-order valence-corrected chi connectivity index (χ2v) is 8.57. The lowest BCUT2D eigenvalue weighted by molar-refractivity contribution is -0.133. The molecule has 2 aliphatic heterocycles. The van der Waals surface area contributed by atoms with Crippen molar-refractivity contribution in [2.45, 2.75) is 31.8 Å². The highest BCUT2D eigenvalue weighted by atomic mass is 19.1. The predicted octanol–water partition coefficient (Wildman–Crippen LogP) is 3.37. The molecule has 0 unspecified atom stereocenters. The maximum Gasteiger partial charge on any atom is 0.275 e. The van der Waals surface area contributed by atoms with Crippen molar-refractivity contribution in [3.63, 3.8) is 0 Å². The van der Waals surface area contributed by atoms with E-state index in [9.17, 15) is 14.0 Å². The van der Waals surface area contributed by atoms with Crippen LogP contribution in [0.25, 0.3) is 10.9 Å². The molecule has 0 N–H and O–H groups in total. The number of rotatable bonds is 3. The van der Waals surface area contributed by atoms with Crippen molar-refractivity contribution in [1.82, 2.24) is 19.6 Å². The largest absolute Gasteiger partial charge is 0.335 e. The summed E-state index contributed by atoms with van der Waals surface area (Å²) in [6.07, 6.45) is 2.22. The molecule has 2 aliphatic rings. The number of likely N-dealkylation sites (tertiary alicyclic amines) is 2. The van der Waals surface area contributed by atoms with Gasteiger partial charge in [0.15, 0.2) is 5.69 Å². The fourth-order valence-electron chi connectivity index (χ4n) is 5.06. The molecule has 2 aromatic carbocycles. The number of hydrogen-bond donors (Lipinski definition) is 0. The maximum absolute atomic E-state index is 13.7. The first-order chi connectivity index (χ1) is 15.0. The zero-order chi connectivity index (χ0) is 21.5. The summed E-state index contributed by atoms with van der Waals surface area (Å²) in [6, 6.07) is 14.0. The minimum Gasteiger partial charge on any atom is -0.335 e. The minimum absolute atomic E-state index is 0.0582. The quantitative estimate of drug-likeness (QED) is 0.653. The molecule has 6 nitrogen and oxygen atoms in total. The molecule has 3 aromatic rings. The SMILES string of the molecule is Cn1nc(C(=O)N2C[C@H]3CCCC(=O)N(Cc4cccc(F)c4)[C@H]3C2)c2ccccc21. The Balaban J connectivity index is 1.41. The average Bonchev–Trinajstić information content (AvgIpc) is 3.29. The molecule has 31 heavy (non-hydrogen) atoms. The van der Waals surface area contributed by atoms with E-state index >= 15 is 0 Å². The number of fused-ring (bicyclic) bond motifs is 2. The molecule has 1 aromatic heterocycles. The summed E-state index contributed by atoms with van der Waals surface area (Å²) in [4.78, 5) is 30.0. The van der Waals surface area contributed by atoms with Crippen molar-refractivity contribution < 1.29 is 14.0 Å². The Labute approximate surface area is 180 Å². The molecule has 2 atom stereocenters. The molecular weight excluding hydrogens is 395 g/mol. The number of benzene rings is 2. The molecule has 0 spiro atoms. The van der Waals surface area contributed by atoms with Crippen LogP contribution in [0.3, 0.4) is 0 Å². The van der Waals surface area contributed by atoms with E-state index in [4.69, 9.17) is 0 Å². The van der Waals surface area contributed by atoms with Crippen LogP contribution in [0.5, 0.6) is 0 Å². The smallest absolute Gasteiger partial charge is 0.275 e. The summed E-state index contributed by atoms with van der Waals surface area (Å²) >= 11 is 0. The van der Waals surface area contributed by atoms with Gasteiger partial charge in [0.25, 0.3) is 5.91 Å². The van der Waals surface area contributed by atoms with E-state index in [0.717, 1.165) is 29.3 Å². The number of amides is 2. The lowest BCUT2D eigenvalue weighted by Gasteiger charge is -2.30. The van der Waals surface area contributed by atoms with E-state index in [1.54, 1.807) is 10.7 Å². The zero-order valence-electron chi connectivity index (χ0n) is 17.5. The zero-order valence-corrected chi connectivity index (χ0v) is 17.5. The number of nitrogens with zero attached hydrogens (tertiary/aromatic N) is 4. The van der Waals surface area contributed by atoms with Crippen molar-refractivity contribution in [3.8, 4) is 0 Å². The van der Waals surface area contributed by atoms with Gasteiger partial charge < -0.3 is 9.80 Å². The highest BCUT2D eigenvalue weighted by Crippen LogP contribution is 2.33. The lowest BCUT2D eigenvalue weighted by Crippen LogP contribution is -2.43. The number of halogens is 1. The number of carbonyl (C=O) groups excluding carboxylic acids is 2. The van der Waals surface area contributed by atoms with Gasteiger partial charge in [-0.15, -0.1) is 0 Å². The fourth-order valence-corrected chi connectivity index (χ4v) is 5.06. The van der Waals surface area contributed by atoms with Gasteiger partial charge in [-0.05, 0) is 42.5 Å². The molecule has 2 saturated heterocycles. The molecule has 5 rings (SSSR count). The van der Waals surface area contributed by atoms with Crippen LogP contribution in [0.15, 0.2) is 48.5 Å². The van der Waals surface area contributed by atoms with Crippen LogP contribution in [0.1, 0.15) is 35.3 Å². The van der Waals surface area contributed by atoms with Gasteiger partial charge >= 0.3 is 0 Å². The van der Waals surface area contributed by atoms with Crippen LogP contribution in [0.2, 0.25) is 0 Å². The maximum atomic E-state index is 13.7. The van der Waals surface area contributed by atoms with Gasteiger partial charge in [-0.3, -0.25) is 14.3 Å². The van der Waals surface area contributed by atoms with Gasteiger partial charge in [0.1, 0.15) is 5.82 Å². The summed E-state index contributed by atoms with van der Waals surface area (Å²) in [6.45, 7) is 1.46. The molecular formula is C24H25FN4O2. The Morgan fingerprint density at radius 3 is 2.84 bits per heavy atom. The number of carbonyl (C=O) groups is 2. The Morgan fingerprint density at radius 1 is 1.16 bits per heavy atom. The first-order valence-corrected chi connectivity index (χ1v) is 10.8. The molecule has 7 heteroatoms. The fraction of sp³-hybridized carbons (Fsp3) is 0.375. The molecule has 3 heterocycles. The van der Waals surface area contributed by atoms with Crippen LogP contribution in [-0.4, -0.2) is 50.5 Å². The molecule has 2 amide bonds. The summed E-state index contributed by atoms with van der Waals surface area (Å²) in [5.41, 5.74) is 2.15. The molecule has 0 aliphatic carbocycles. The van der Waals surface area contributed by atoms with Gasteiger partial charge in [-0.2, -0.15) is 5.10 Å². The van der Waals surface area contributed by atoms with Crippen molar-refractivity contribution >= 4 is 22.7 Å². The second kappa shape index (κ2) is 7.80. The second-order valence-electron chi connectivity index (χ2n) is 8.57. The lowest BCUT2D eigenvalue weighted by atomic mass is 9.98. The predicted molar refractivity (Wildman–Crippen MR) is 115 cm³/mol. The van der Waals surface area contributed by atoms with Gasteiger partial charge in [-0.1, -0.05) is 30.3 Å². The average molecular weight is 420 g/mol. The first-order valence-electron chi connectivity index (χ1n) is 10.8. The molecule has 0 bridgehead atoms. The summed E-state index contributed by atoms with van der Waals surface area (Å²) in [5.74, 6) is -0.0992. The van der Waals surface area contributed by atoms with Gasteiger partial charge in [0, 0.05) is 38.5 Å². The van der Waals surface area contributed by atoms with E-state index in [2.05, 4.69) is 5.10 Å². The van der Waals surface area contributed by atoms with Crippen molar-refractivity contribution in [1.29, 1.82) is 0 Å². The van der Waals surface area contributed by atoms with Crippen LogP contribution in [0, 0.1) is 11.7 Å². The third-order valence-corrected chi connectivity index (χ3v) is 6.58. The molecule has 0 radical (unpaired) electrons. The van der Waals surface area contributed by atoms with E-state index in [-0.39, 0.29) is 29.6 Å². The normalized spacial score (nSPS) is 21.4. The van der Waals surface area contributed by atoms with Crippen molar-refractivity contribution in [3.05, 3.63) is 65.6 Å². The van der Waals surface area contributed by atoms with Crippen LogP contribution in [0.4, 0.5) is 4.39 Å². The van der Waals surface area contributed by atoms with E-state index < -0.39 is 0 Å².